The van der Waals surface area contributed by atoms with Crippen LogP contribution in [0.3, 0.4) is 0 Å². The maximum Gasteiger partial charge on any atom is 0.490 e. The molecule has 0 bridgehead atoms. The average Bonchev–Trinajstić information content (AvgIpc) is 3.21. The average molecular weight is 458 g/mol. The lowest BCUT2D eigenvalue weighted by atomic mass is 10.1. The van der Waals surface area contributed by atoms with Gasteiger partial charge in [0.25, 0.3) is 5.91 Å². The van der Waals surface area contributed by atoms with Crippen molar-refractivity contribution in [2.24, 2.45) is 0 Å². The molecule has 0 aliphatic heterocycles. The van der Waals surface area contributed by atoms with Crippen LogP contribution in [0.2, 0.25) is 5.02 Å². The summed E-state index contributed by atoms with van der Waals surface area (Å²) in [5.74, 6) is -3.27. The quantitative estimate of drug-likeness (QED) is 0.536. The van der Waals surface area contributed by atoms with Gasteiger partial charge in [0.15, 0.2) is 6.10 Å². The summed E-state index contributed by atoms with van der Waals surface area (Å²) in [6.07, 6.45) is -1.34. The first-order valence-electron chi connectivity index (χ1n) is 8.41. The molecule has 0 aliphatic carbocycles. The van der Waals surface area contributed by atoms with Crippen LogP contribution in [0, 0.1) is 0 Å². The normalized spacial score (nSPS) is 11.8. The molecule has 9 nitrogen and oxygen atoms in total. The number of pyridine rings is 1. The van der Waals surface area contributed by atoms with Crippen LogP contribution < -0.4 is 5.32 Å². The number of hydrogen-bond donors (Lipinski definition) is 3. The van der Waals surface area contributed by atoms with Crippen molar-refractivity contribution in [1.82, 2.24) is 25.3 Å². The second-order valence-electron chi connectivity index (χ2n) is 5.83. The third kappa shape index (κ3) is 7.35. The Kier molecular flexibility index (Phi) is 8.05. The number of aliphatic carboxylic acids is 1. The summed E-state index contributed by atoms with van der Waals surface area (Å²) in [6.45, 7) is 0.161. The van der Waals surface area contributed by atoms with Crippen LogP contribution in [0.15, 0.2) is 55.0 Å². The summed E-state index contributed by atoms with van der Waals surface area (Å²) in [6, 6.07) is 10.0. The second kappa shape index (κ2) is 10.5. The minimum atomic E-state index is -5.08. The Labute approximate surface area is 178 Å². The molecule has 1 amide bonds. The van der Waals surface area contributed by atoms with Crippen LogP contribution in [-0.2, 0) is 16.1 Å². The van der Waals surface area contributed by atoms with Crippen molar-refractivity contribution < 1.29 is 33.0 Å². The van der Waals surface area contributed by atoms with Crippen molar-refractivity contribution in [3.63, 3.8) is 0 Å². The van der Waals surface area contributed by atoms with Crippen molar-refractivity contribution in [3.8, 4) is 5.69 Å². The zero-order chi connectivity index (χ0) is 23.0. The predicted octanol–water partition coefficient (Wildman–Crippen LogP) is 2.30. The number of benzene rings is 1. The lowest BCUT2D eigenvalue weighted by Crippen LogP contribution is -2.28. The van der Waals surface area contributed by atoms with Gasteiger partial charge in [-0.05, 0) is 29.8 Å². The number of alkyl halides is 3. The van der Waals surface area contributed by atoms with Gasteiger partial charge in [0.2, 0.25) is 0 Å². The fourth-order valence-electron chi connectivity index (χ4n) is 2.07. The van der Waals surface area contributed by atoms with Crippen LogP contribution in [0.1, 0.15) is 17.4 Å². The van der Waals surface area contributed by atoms with Crippen LogP contribution in [0.4, 0.5) is 13.2 Å². The molecule has 0 spiro atoms. The van der Waals surface area contributed by atoms with E-state index in [9.17, 15) is 23.1 Å². The SMILES string of the molecule is O=C(NCc1cn(-c2ccncc2)nn1)C(O)c1ccc(Cl)cc1.O=C(O)C(F)(F)F. The van der Waals surface area contributed by atoms with E-state index in [4.69, 9.17) is 21.5 Å². The van der Waals surface area contributed by atoms with Gasteiger partial charge in [0, 0.05) is 17.4 Å². The first-order valence-corrected chi connectivity index (χ1v) is 8.78. The number of hydrogen-bond acceptors (Lipinski definition) is 6. The van der Waals surface area contributed by atoms with E-state index < -0.39 is 24.2 Å². The van der Waals surface area contributed by atoms with Crippen LogP contribution in [-0.4, -0.2) is 48.2 Å². The van der Waals surface area contributed by atoms with E-state index >= 15 is 0 Å². The summed E-state index contributed by atoms with van der Waals surface area (Å²) in [7, 11) is 0. The summed E-state index contributed by atoms with van der Waals surface area (Å²) < 4.78 is 33.3. The first kappa shape index (κ1) is 23.8. The Hall–Kier alpha value is -3.51. The molecule has 2 aromatic heterocycles. The zero-order valence-electron chi connectivity index (χ0n) is 15.5. The molecule has 3 N–H and O–H groups in total. The molecule has 1 aromatic carbocycles. The molecule has 0 saturated heterocycles. The largest absolute Gasteiger partial charge is 0.490 e. The fourth-order valence-corrected chi connectivity index (χ4v) is 2.20. The number of carbonyl (C=O) groups is 2. The maximum atomic E-state index is 12.0. The standard InChI is InChI=1S/C16H14ClN5O2.C2HF3O2/c17-12-3-1-11(2-4-12)15(23)16(24)19-9-13-10-22(21-20-13)14-5-7-18-8-6-14;3-2(4,5)1(6)7/h1-8,10,15,23H,9H2,(H,19,24);(H,6,7). The second-order valence-corrected chi connectivity index (χ2v) is 6.27. The highest BCUT2D eigenvalue weighted by molar-refractivity contribution is 6.30. The number of aliphatic hydroxyl groups excluding tert-OH is 1. The number of carbonyl (C=O) groups excluding carboxylic acids is 1. The van der Waals surface area contributed by atoms with E-state index in [1.54, 1.807) is 59.7 Å². The number of rotatable bonds is 5. The Morgan fingerprint density at radius 2 is 1.71 bits per heavy atom. The van der Waals surface area contributed by atoms with Crippen LogP contribution in [0.25, 0.3) is 5.69 Å². The molecule has 0 aliphatic rings. The smallest absolute Gasteiger partial charge is 0.475 e. The molecule has 2 heterocycles. The molecule has 31 heavy (non-hydrogen) atoms. The Balaban J connectivity index is 0.000000423. The lowest BCUT2D eigenvalue weighted by molar-refractivity contribution is -0.192. The number of carboxylic acids is 1. The first-order chi connectivity index (χ1) is 14.6. The topological polar surface area (TPSA) is 130 Å². The molecule has 3 aromatic rings. The molecule has 0 saturated carbocycles. The van der Waals surface area contributed by atoms with E-state index in [0.717, 1.165) is 5.69 Å². The van der Waals surface area contributed by atoms with E-state index in [1.807, 2.05) is 0 Å². The lowest BCUT2D eigenvalue weighted by Gasteiger charge is -2.10. The van der Waals surface area contributed by atoms with Gasteiger partial charge in [0.05, 0.1) is 18.4 Å². The van der Waals surface area contributed by atoms with Gasteiger partial charge in [-0.2, -0.15) is 13.2 Å². The van der Waals surface area contributed by atoms with Gasteiger partial charge in [-0.3, -0.25) is 9.78 Å². The Morgan fingerprint density at radius 3 is 2.26 bits per heavy atom. The van der Waals surface area contributed by atoms with E-state index in [-0.39, 0.29) is 6.54 Å². The third-order valence-electron chi connectivity index (χ3n) is 3.59. The molecule has 3 rings (SSSR count). The van der Waals surface area contributed by atoms with Gasteiger partial charge in [-0.15, -0.1) is 5.10 Å². The van der Waals surface area contributed by atoms with Gasteiger partial charge in [0.1, 0.15) is 5.69 Å². The molecular weight excluding hydrogens is 443 g/mol. The molecule has 13 heteroatoms. The number of nitrogens with zero attached hydrogens (tertiary/aromatic N) is 4. The van der Waals surface area contributed by atoms with E-state index in [1.165, 1.54) is 0 Å². The number of aromatic nitrogens is 4. The van der Waals surface area contributed by atoms with Crippen molar-refractivity contribution >= 4 is 23.5 Å². The van der Waals surface area contributed by atoms with Crippen molar-refractivity contribution in [1.29, 1.82) is 0 Å². The van der Waals surface area contributed by atoms with E-state index in [2.05, 4.69) is 20.6 Å². The highest BCUT2D eigenvalue weighted by atomic mass is 35.5. The minimum Gasteiger partial charge on any atom is -0.475 e. The van der Waals surface area contributed by atoms with Crippen molar-refractivity contribution in [2.75, 3.05) is 0 Å². The van der Waals surface area contributed by atoms with Gasteiger partial charge in [-0.25, -0.2) is 9.48 Å². The monoisotopic (exact) mass is 457 g/mol. The molecule has 1 unspecified atom stereocenters. The van der Waals surface area contributed by atoms with E-state index in [0.29, 0.717) is 16.3 Å². The number of nitrogens with one attached hydrogen (secondary N) is 1. The Bertz CT molecular complexity index is 1010. The number of aliphatic hydroxyl groups is 1. The maximum absolute atomic E-state index is 12.0. The Morgan fingerprint density at radius 1 is 1.13 bits per heavy atom. The molecule has 0 fully saturated rings. The van der Waals surface area contributed by atoms with Crippen molar-refractivity contribution in [2.45, 2.75) is 18.8 Å². The number of halogens is 4. The molecular formula is C18H15ClF3N5O4. The van der Waals surface area contributed by atoms with Gasteiger partial charge in [-0.1, -0.05) is 28.9 Å². The van der Waals surface area contributed by atoms with Crippen molar-refractivity contribution in [3.05, 3.63) is 71.3 Å². The highest BCUT2D eigenvalue weighted by Gasteiger charge is 2.38. The highest BCUT2D eigenvalue weighted by Crippen LogP contribution is 2.16. The molecule has 164 valence electrons. The summed E-state index contributed by atoms with van der Waals surface area (Å²) in [5, 5.41) is 28.3. The zero-order valence-corrected chi connectivity index (χ0v) is 16.2. The van der Waals surface area contributed by atoms with Crippen LogP contribution >= 0.6 is 11.6 Å². The fraction of sp³-hybridized carbons (Fsp3) is 0.167. The summed E-state index contributed by atoms with van der Waals surface area (Å²) in [4.78, 5) is 24.9. The molecule has 0 radical (unpaired) electrons. The third-order valence-corrected chi connectivity index (χ3v) is 3.84. The van der Waals surface area contributed by atoms with Crippen LogP contribution in [0.5, 0.6) is 0 Å². The molecule has 1 atom stereocenters. The minimum absolute atomic E-state index is 0.161. The predicted molar refractivity (Wildman–Crippen MR) is 101 cm³/mol. The van der Waals surface area contributed by atoms with Gasteiger partial charge >= 0.3 is 12.1 Å². The number of amides is 1. The van der Waals surface area contributed by atoms with Gasteiger partial charge < -0.3 is 15.5 Å². The summed E-state index contributed by atoms with van der Waals surface area (Å²) >= 11 is 5.79. The number of carboxylic acid groups (broad SMARTS) is 1. The summed E-state index contributed by atoms with van der Waals surface area (Å²) in [5.41, 5.74) is 1.86.